The molecule has 0 radical (unpaired) electrons. The van der Waals surface area contributed by atoms with Crippen molar-refractivity contribution in [1.82, 2.24) is 10.2 Å². The third-order valence-corrected chi connectivity index (χ3v) is 5.17. The Morgan fingerprint density at radius 1 is 1.26 bits per heavy atom. The van der Waals surface area contributed by atoms with Gasteiger partial charge in [-0.2, -0.15) is 0 Å². The van der Waals surface area contributed by atoms with E-state index < -0.39 is 0 Å². The molecule has 0 aromatic rings. The summed E-state index contributed by atoms with van der Waals surface area (Å²) < 4.78 is 5.24. The fourth-order valence-electron chi connectivity index (χ4n) is 3.83. The molecule has 19 heavy (non-hydrogen) atoms. The SMILES string of the molecule is COCCC(C)N1CC(C2CCCCC2)NCC1C. The average molecular weight is 268 g/mol. The Morgan fingerprint density at radius 3 is 2.68 bits per heavy atom. The zero-order chi connectivity index (χ0) is 13.7. The van der Waals surface area contributed by atoms with Gasteiger partial charge in [0.05, 0.1) is 0 Å². The second-order valence-corrected chi connectivity index (χ2v) is 6.59. The Bertz CT molecular complexity index is 253. The molecule has 112 valence electrons. The highest BCUT2D eigenvalue weighted by Gasteiger charge is 2.32. The van der Waals surface area contributed by atoms with Crippen molar-refractivity contribution >= 4 is 0 Å². The van der Waals surface area contributed by atoms with Crippen LogP contribution in [0.2, 0.25) is 0 Å². The van der Waals surface area contributed by atoms with E-state index in [4.69, 9.17) is 4.74 Å². The van der Waals surface area contributed by atoms with Gasteiger partial charge in [-0.1, -0.05) is 19.3 Å². The third-order valence-electron chi connectivity index (χ3n) is 5.17. The molecule has 3 nitrogen and oxygen atoms in total. The molecule has 3 heteroatoms. The number of hydrogen-bond donors (Lipinski definition) is 1. The van der Waals surface area contributed by atoms with Crippen LogP contribution in [0, 0.1) is 5.92 Å². The molecule has 1 aliphatic carbocycles. The fraction of sp³-hybridized carbons (Fsp3) is 1.00. The molecule has 0 bridgehead atoms. The van der Waals surface area contributed by atoms with Crippen molar-refractivity contribution in [1.29, 1.82) is 0 Å². The molecule has 2 rings (SSSR count). The largest absolute Gasteiger partial charge is 0.385 e. The van der Waals surface area contributed by atoms with Crippen molar-refractivity contribution < 1.29 is 4.74 Å². The van der Waals surface area contributed by atoms with E-state index in [1.54, 1.807) is 7.11 Å². The zero-order valence-corrected chi connectivity index (χ0v) is 13.0. The van der Waals surface area contributed by atoms with Crippen LogP contribution in [0.4, 0.5) is 0 Å². The Balaban J connectivity index is 1.87. The van der Waals surface area contributed by atoms with E-state index in [2.05, 4.69) is 24.1 Å². The average Bonchev–Trinajstić information content (AvgIpc) is 2.46. The smallest absolute Gasteiger partial charge is 0.0477 e. The van der Waals surface area contributed by atoms with E-state index in [-0.39, 0.29) is 0 Å². The summed E-state index contributed by atoms with van der Waals surface area (Å²) in [5.41, 5.74) is 0. The molecule has 2 fully saturated rings. The Morgan fingerprint density at radius 2 is 2.00 bits per heavy atom. The van der Waals surface area contributed by atoms with Crippen LogP contribution in [0.1, 0.15) is 52.4 Å². The molecule has 2 aliphatic rings. The third kappa shape index (κ3) is 4.17. The summed E-state index contributed by atoms with van der Waals surface area (Å²) in [6, 6.07) is 2.02. The highest BCUT2D eigenvalue weighted by Crippen LogP contribution is 2.29. The van der Waals surface area contributed by atoms with Gasteiger partial charge in [-0.05, 0) is 39.0 Å². The van der Waals surface area contributed by atoms with E-state index in [0.29, 0.717) is 12.1 Å². The standard InChI is InChI=1S/C16H32N2O/c1-13(9-10-19-3)18-12-16(17-11-14(18)2)15-7-5-4-6-8-15/h13-17H,4-12H2,1-3H3. The first-order valence-corrected chi connectivity index (χ1v) is 8.20. The molecular weight excluding hydrogens is 236 g/mol. The molecule has 0 spiro atoms. The van der Waals surface area contributed by atoms with Crippen LogP contribution in [-0.2, 0) is 4.74 Å². The second kappa shape index (κ2) is 7.61. The lowest BCUT2D eigenvalue weighted by Gasteiger charge is -2.45. The van der Waals surface area contributed by atoms with Crippen LogP contribution in [-0.4, -0.2) is 49.8 Å². The first-order valence-electron chi connectivity index (χ1n) is 8.20. The van der Waals surface area contributed by atoms with E-state index in [1.807, 2.05) is 0 Å². The topological polar surface area (TPSA) is 24.5 Å². The van der Waals surface area contributed by atoms with Crippen molar-refractivity contribution in [3.8, 4) is 0 Å². The maximum atomic E-state index is 5.24. The van der Waals surface area contributed by atoms with Crippen molar-refractivity contribution in [3.63, 3.8) is 0 Å². The molecule has 1 aliphatic heterocycles. The summed E-state index contributed by atoms with van der Waals surface area (Å²) in [6.45, 7) is 7.98. The van der Waals surface area contributed by atoms with Gasteiger partial charge in [0.15, 0.2) is 0 Å². The molecule has 3 atom stereocenters. The second-order valence-electron chi connectivity index (χ2n) is 6.59. The molecule has 1 N–H and O–H groups in total. The molecule has 0 aromatic carbocycles. The van der Waals surface area contributed by atoms with Crippen molar-refractivity contribution in [2.45, 2.75) is 70.5 Å². The van der Waals surface area contributed by atoms with E-state index >= 15 is 0 Å². The number of nitrogens with one attached hydrogen (secondary N) is 1. The van der Waals surface area contributed by atoms with Gasteiger partial charge in [0, 0.05) is 44.9 Å². The maximum Gasteiger partial charge on any atom is 0.0477 e. The van der Waals surface area contributed by atoms with Gasteiger partial charge in [0.25, 0.3) is 0 Å². The quantitative estimate of drug-likeness (QED) is 0.829. The number of hydrogen-bond acceptors (Lipinski definition) is 3. The first-order chi connectivity index (χ1) is 9.22. The molecule has 1 saturated carbocycles. The summed E-state index contributed by atoms with van der Waals surface area (Å²) in [6.07, 6.45) is 8.36. The first kappa shape index (κ1) is 15.3. The lowest BCUT2D eigenvalue weighted by molar-refractivity contribution is 0.0563. The number of nitrogens with zero attached hydrogens (tertiary/aromatic N) is 1. The summed E-state index contributed by atoms with van der Waals surface area (Å²) in [7, 11) is 1.80. The fourth-order valence-corrected chi connectivity index (χ4v) is 3.83. The minimum Gasteiger partial charge on any atom is -0.385 e. The molecular formula is C16H32N2O. The van der Waals surface area contributed by atoms with E-state index in [1.165, 1.54) is 38.6 Å². The Kier molecular flexibility index (Phi) is 6.11. The van der Waals surface area contributed by atoms with Gasteiger partial charge in [-0.3, -0.25) is 4.90 Å². The van der Waals surface area contributed by atoms with Crippen molar-refractivity contribution in [3.05, 3.63) is 0 Å². The summed E-state index contributed by atoms with van der Waals surface area (Å²) >= 11 is 0. The lowest BCUT2D eigenvalue weighted by atomic mass is 9.82. The monoisotopic (exact) mass is 268 g/mol. The molecule has 0 amide bonds. The van der Waals surface area contributed by atoms with E-state index in [9.17, 15) is 0 Å². The number of ether oxygens (including phenoxy) is 1. The Labute approximate surface area is 119 Å². The van der Waals surface area contributed by atoms with Crippen LogP contribution in [0.5, 0.6) is 0 Å². The van der Waals surface area contributed by atoms with E-state index in [0.717, 1.165) is 31.5 Å². The van der Waals surface area contributed by atoms with Gasteiger partial charge in [-0.25, -0.2) is 0 Å². The molecule has 1 heterocycles. The summed E-state index contributed by atoms with van der Waals surface area (Å²) in [5.74, 6) is 0.915. The number of rotatable bonds is 5. The van der Waals surface area contributed by atoms with Gasteiger partial charge in [0.1, 0.15) is 0 Å². The van der Waals surface area contributed by atoms with Crippen LogP contribution in [0.15, 0.2) is 0 Å². The maximum absolute atomic E-state index is 5.24. The van der Waals surface area contributed by atoms with Gasteiger partial charge >= 0.3 is 0 Å². The molecule has 0 aromatic heterocycles. The van der Waals surface area contributed by atoms with Crippen LogP contribution in [0.25, 0.3) is 0 Å². The minimum atomic E-state index is 0.642. The molecule has 3 unspecified atom stereocenters. The predicted molar refractivity (Wildman–Crippen MR) is 80.5 cm³/mol. The highest BCUT2D eigenvalue weighted by molar-refractivity contribution is 4.90. The van der Waals surface area contributed by atoms with Crippen molar-refractivity contribution in [2.24, 2.45) is 5.92 Å². The summed E-state index contributed by atoms with van der Waals surface area (Å²) in [4.78, 5) is 2.70. The lowest BCUT2D eigenvalue weighted by Crippen LogP contribution is -2.60. The Hall–Kier alpha value is -0.120. The van der Waals surface area contributed by atoms with Crippen LogP contribution < -0.4 is 5.32 Å². The molecule has 1 saturated heterocycles. The highest BCUT2D eigenvalue weighted by atomic mass is 16.5. The number of methoxy groups -OCH3 is 1. The normalized spacial score (nSPS) is 32.4. The van der Waals surface area contributed by atoms with Gasteiger partial charge in [0.2, 0.25) is 0 Å². The van der Waals surface area contributed by atoms with Crippen molar-refractivity contribution in [2.75, 3.05) is 26.8 Å². The van der Waals surface area contributed by atoms with Gasteiger partial charge < -0.3 is 10.1 Å². The number of piperazine rings is 1. The zero-order valence-electron chi connectivity index (χ0n) is 13.0. The summed E-state index contributed by atoms with van der Waals surface area (Å²) in [5, 5.41) is 3.81. The van der Waals surface area contributed by atoms with Crippen LogP contribution in [0.3, 0.4) is 0 Å². The van der Waals surface area contributed by atoms with Crippen LogP contribution >= 0.6 is 0 Å². The minimum absolute atomic E-state index is 0.642. The van der Waals surface area contributed by atoms with Gasteiger partial charge in [-0.15, -0.1) is 0 Å². The predicted octanol–water partition coefficient (Wildman–Crippen LogP) is 2.65.